The quantitative estimate of drug-likeness (QED) is 0.607. The number of aromatic nitrogens is 3. The Morgan fingerprint density at radius 2 is 2.21 bits per heavy atom. The molecule has 0 unspecified atom stereocenters. The summed E-state index contributed by atoms with van der Waals surface area (Å²) in [5.74, 6) is 1.42. The maximum Gasteiger partial charge on any atom is 0.221 e. The fourth-order valence-corrected chi connectivity index (χ4v) is 4.45. The Morgan fingerprint density at radius 3 is 2.89 bits per heavy atom. The van der Waals surface area contributed by atoms with Crippen LogP contribution in [0.5, 0.6) is 0 Å². The molecule has 0 aliphatic carbocycles. The third kappa shape index (κ3) is 5.73. The highest BCUT2D eigenvalue weighted by atomic mass is 32.1. The maximum absolute atomic E-state index is 12.5. The molecule has 2 aromatic heterocycles. The van der Waals surface area contributed by atoms with Crippen molar-refractivity contribution in [1.29, 1.82) is 0 Å². The van der Waals surface area contributed by atoms with E-state index in [4.69, 9.17) is 17.0 Å². The number of nitrogens with one attached hydrogen (secondary N) is 2. The Kier molecular flexibility index (Phi) is 7.78. The van der Waals surface area contributed by atoms with Crippen molar-refractivity contribution in [2.45, 2.75) is 39.3 Å². The first-order valence-corrected chi connectivity index (χ1v) is 11.1. The lowest BCUT2D eigenvalue weighted by Gasteiger charge is -2.35. The largest absolute Gasteiger partial charge is 0.379 e. The lowest BCUT2D eigenvalue weighted by atomic mass is 10.0. The van der Waals surface area contributed by atoms with E-state index in [1.807, 2.05) is 22.1 Å². The first-order chi connectivity index (χ1) is 13.5. The topological polar surface area (TPSA) is 75.2 Å². The summed E-state index contributed by atoms with van der Waals surface area (Å²) in [5, 5.41) is 12.3. The molecule has 1 fully saturated rings. The average molecular weight is 424 g/mol. The van der Waals surface area contributed by atoms with Crippen molar-refractivity contribution >= 4 is 29.5 Å². The Hall–Kier alpha value is -1.55. The van der Waals surface area contributed by atoms with Crippen LogP contribution in [0.3, 0.4) is 0 Å². The molecule has 2 aromatic rings. The minimum Gasteiger partial charge on any atom is -0.379 e. The molecule has 9 heteroatoms. The summed E-state index contributed by atoms with van der Waals surface area (Å²) in [6.45, 7) is 9.04. The second kappa shape index (κ2) is 10.3. The highest BCUT2D eigenvalue weighted by Gasteiger charge is 2.22. The van der Waals surface area contributed by atoms with Crippen molar-refractivity contribution in [3.63, 3.8) is 0 Å². The monoisotopic (exact) mass is 423 g/mol. The normalized spacial score (nSPS) is 16.4. The Labute approximate surface area is 175 Å². The number of H-pyrrole nitrogens is 1. The number of rotatable bonds is 9. The summed E-state index contributed by atoms with van der Waals surface area (Å²) in [7, 11) is 0. The van der Waals surface area contributed by atoms with Gasteiger partial charge in [-0.3, -0.25) is 19.4 Å². The second-order valence-electron chi connectivity index (χ2n) is 7.47. The summed E-state index contributed by atoms with van der Waals surface area (Å²) in [6, 6.07) is 4.34. The van der Waals surface area contributed by atoms with Crippen LogP contribution < -0.4 is 5.32 Å². The molecule has 0 aromatic carbocycles. The maximum atomic E-state index is 12.5. The number of thiophene rings is 1. The van der Waals surface area contributed by atoms with Crippen LogP contribution in [0, 0.1) is 10.7 Å². The molecular weight excluding hydrogens is 394 g/mol. The van der Waals surface area contributed by atoms with Crippen LogP contribution in [0.25, 0.3) is 10.7 Å². The summed E-state index contributed by atoms with van der Waals surface area (Å²) >= 11 is 6.94. The van der Waals surface area contributed by atoms with E-state index >= 15 is 0 Å². The van der Waals surface area contributed by atoms with Crippen LogP contribution in [0.15, 0.2) is 17.5 Å². The Balaban J connectivity index is 1.54. The molecule has 7 nitrogen and oxygen atoms in total. The van der Waals surface area contributed by atoms with E-state index in [0.29, 0.717) is 36.2 Å². The third-order valence-corrected chi connectivity index (χ3v) is 6.08. The zero-order valence-corrected chi connectivity index (χ0v) is 18.2. The number of ether oxygens (including phenoxy) is 1. The third-order valence-electron chi connectivity index (χ3n) is 4.90. The summed E-state index contributed by atoms with van der Waals surface area (Å²) in [4.78, 5) is 16.0. The van der Waals surface area contributed by atoms with E-state index in [1.165, 1.54) is 0 Å². The summed E-state index contributed by atoms with van der Waals surface area (Å²) in [6.07, 6.45) is 1.44. The molecule has 3 heterocycles. The van der Waals surface area contributed by atoms with E-state index in [-0.39, 0.29) is 5.91 Å². The van der Waals surface area contributed by atoms with Crippen LogP contribution in [-0.2, 0) is 16.1 Å². The molecule has 28 heavy (non-hydrogen) atoms. The number of amides is 1. The summed E-state index contributed by atoms with van der Waals surface area (Å²) < 4.78 is 7.90. The van der Waals surface area contributed by atoms with E-state index in [1.54, 1.807) is 11.3 Å². The minimum atomic E-state index is 0.0437. The standard InChI is InChI=1S/C19H29N5O2S2/c1-14(2)12-15(23-7-9-26-10-8-23)13-20-17(25)5-6-24-18(21-22-19(24)27)16-4-3-11-28-16/h3-4,11,14-15H,5-10,12-13H2,1-2H3,(H,20,25)(H,22,27)/t15-/m0/s1. The second-order valence-corrected chi connectivity index (χ2v) is 8.80. The SMILES string of the molecule is CC(C)C[C@@H](CNC(=O)CCn1c(-c2cccs2)n[nH]c1=S)N1CCOCC1. The first-order valence-electron chi connectivity index (χ1n) is 9.82. The molecule has 1 atom stereocenters. The van der Waals surface area contributed by atoms with Gasteiger partial charge >= 0.3 is 0 Å². The number of morpholine rings is 1. The van der Waals surface area contributed by atoms with Crippen molar-refractivity contribution in [2.75, 3.05) is 32.8 Å². The van der Waals surface area contributed by atoms with E-state index in [0.717, 1.165) is 43.4 Å². The van der Waals surface area contributed by atoms with Crippen LogP contribution in [0.4, 0.5) is 0 Å². The average Bonchev–Trinajstić information content (AvgIpc) is 3.33. The van der Waals surface area contributed by atoms with Gasteiger partial charge in [0, 0.05) is 38.6 Å². The highest BCUT2D eigenvalue weighted by Crippen LogP contribution is 2.22. The number of carbonyl (C=O) groups is 1. The zero-order valence-electron chi connectivity index (χ0n) is 16.5. The van der Waals surface area contributed by atoms with Gasteiger partial charge in [-0.05, 0) is 36.0 Å². The van der Waals surface area contributed by atoms with Crippen LogP contribution in [0.1, 0.15) is 26.7 Å². The molecule has 154 valence electrons. The summed E-state index contributed by atoms with van der Waals surface area (Å²) in [5.41, 5.74) is 0. The number of carbonyl (C=O) groups excluding carboxylic acids is 1. The molecule has 0 saturated carbocycles. The van der Waals surface area contributed by atoms with Gasteiger partial charge in [0.25, 0.3) is 0 Å². The highest BCUT2D eigenvalue weighted by molar-refractivity contribution is 7.71. The van der Waals surface area contributed by atoms with Gasteiger partial charge in [-0.25, -0.2) is 0 Å². The molecule has 1 aliphatic heterocycles. The van der Waals surface area contributed by atoms with Gasteiger partial charge in [-0.15, -0.1) is 11.3 Å². The molecule has 3 rings (SSSR count). The Bertz CT molecular complexity index is 794. The van der Waals surface area contributed by atoms with Gasteiger partial charge in [-0.1, -0.05) is 19.9 Å². The molecular formula is C19H29N5O2S2. The minimum absolute atomic E-state index is 0.0437. The smallest absolute Gasteiger partial charge is 0.221 e. The van der Waals surface area contributed by atoms with Gasteiger partial charge < -0.3 is 10.1 Å². The molecule has 0 bridgehead atoms. The molecule has 2 N–H and O–H groups in total. The van der Waals surface area contributed by atoms with Crippen molar-refractivity contribution in [2.24, 2.45) is 5.92 Å². The first kappa shape index (κ1) is 21.2. The van der Waals surface area contributed by atoms with Crippen molar-refractivity contribution in [1.82, 2.24) is 25.0 Å². The molecule has 1 saturated heterocycles. The molecule has 1 aliphatic rings. The number of hydrogen-bond acceptors (Lipinski definition) is 6. The molecule has 0 radical (unpaired) electrons. The van der Waals surface area contributed by atoms with Gasteiger partial charge in [0.2, 0.25) is 5.91 Å². The fraction of sp³-hybridized carbons (Fsp3) is 0.632. The lowest BCUT2D eigenvalue weighted by Crippen LogP contribution is -2.49. The fourth-order valence-electron chi connectivity index (χ4n) is 3.50. The number of nitrogens with zero attached hydrogens (tertiary/aromatic N) is 3. The predicted octanol–water partition coefficient (Wildman–Crippen LogP) is 2.92. The predicted molar refractivity (Wildman–Crippen MR) is 114 cm³/mol. The van der Waals surface area contributed by atoms with Crippen molar-refractivity contribution in [3.8, 4) is 10.7 Å². The van der Waals surface area contributed by atoms with E-state index in [9.17, 15) is 4.79 Å². The lowest BCUT2D eigenvalue weighted by molar-refractivity contribution is -0.121. The van der Waals surface area contributed by atoms with Crippen LogP contribution >= 0.6 is 23.6 Å². The van der Waals surface area contributed by atoms with Gasteiger partial charge in [-0.2, -0.15) is 5.10 Å². The van der Waals surface area contributed by atoms with Crippen molar-refractivity contribution < 1.29 is 9.53 Å². The van der Waals surface area contributed by atoms with E-state index < -0.39 is 0 Å². The van der Waals surface area contributed by atoms with E-state index in [2.05, 4.69) is 34.3 Å². The molecule has 0 spiro atoms. The van der Waals surface area contributed by atoms with Gasteiger partial charge in [0.1, 0.15) is 0 Å². The van der Waals surface area contributed by atoms with Crippen LogP contribution in [0.2, 0.25) is 0 Å². The van der Waals surface area contributed by atoms with Gasteiger partial charge in [0.15, 0.2) is 10.6 Å². The number of hydrogen-bond donors (Lipinski definition) is 2. The Morgan fingerprint density at radius 1 is 1.43 bits per heavy atom. The van der Waals surface area contributed by atoms with Crippen molar-refractivity contribution in [3.05, 3.63) is 22.3 Å². The zero-order chi connectivity index (χ0) is 19.9. The number of aromatic amines is 1. The van der Waals surface area contributed by atoms with Gasteiger partial charge in [0.05, 0.1) is 18.1 Å². The van der Waals surface area contributed by atoms with Crippen LogP contribution in [-0.4, -0.2) is 64.5 Å². The molecule has 1 amide bonds.